The molecule has 0 saturated carbocycles. The monoisotopic (exact) mass is 477 g/mol. The van der Waals surface area contributed by atoms with Crippen LogP contribution in [0, 0.1) is 0 Å². The summed E-state index contributed by atoms with van der Waals surface area (Å²) in [5, 5.41) is 15.6. The van der Waals surface area contributed by atoms with Crippen LogP contribution in [-0.2, 0) is 11.2 Å². The number of carbonyl (C=O) groups excluding carboxylic acids is 2. The fourth-order valence-corrected chi connectivity index (χ4v) is 3.17. The van der Waals surface area contributed by atoms with Crippen LogP contribution in [0.15, 0.2) is 58.1 Å². The van der Waals surface area contributed by atoms with E-state index in [1.54, 1.807) is 30.5 Å². The van der Waals surface area contributed by atoms with Gasteiger partial charge in [-0.2, -0.15) is 5.10 Å². The number of carbonyl (C=O) groups is 2. The van der Waals surface area contributed by atoms with Crippen molar-refractivity contribution < 1.29 is 9.59 Å². The lowest BCUT2D eigenvalue weighted by molar-refractivity contribution is -0.120. The molecular weight excluding hydrogens is 466 g/mol. The van der Waals surface area contributed by atoms with E-state index in [1.807, 2.05) is 24.3 Å². The fourth-order valence-electron chi connectivity index (χ4n) is 2.05. The van der Waals surface area contributed by atoms with Crippen LogP contribution in [0.4, 0.5) is 5.13 Å². The van der Waals surface area contributed by atoms with Crippen molar-refractivity contribution >= 4 is 62.0 Å². The first-order chi connectivity index (χ1) is 13.5. The Morgan fingerprint density at radius 2 is 1.82 bits per heavy atom. The summed E-state index contributed by atoms with van der Waals surface area (Å²) in [6.07, 6.45) is 1.55. The molecule has 7 nitrogen and oxygen atoms in total. The lowest BCUT2D eigenvalue weighted by Crippen LogP contribution is -2.19. The molecule has 28 heavy (non-hydrogen) atoms. The minimum atomic E-state index is -0.333. The third-order valence-electron chi connectivity index (χ3n) is 3.38. The minimum Gasteiger partial charge on any atom is -0.296 e. The lowest BCUT2D eigenvalue weighted by atomic mass is 10.2. The van der Waals surface area contributed by atoms with Gasteiger partial charge in [-0.05, 0) is 42.0 Å². The number of halogens is 2. The van der Waals surface area contributed by atoms with Gasteiger partial charge in [-0.15, -0.1) is 10.2 Å². The van der Waals surface area contributed by atoms with Gasteiger partial charge in [0.25, 0.3) is 5.91 Å². The van der Waals surface area contributed by atoms with Crippen LogP contribution in [0.2, 0.25) is 5.02 Å². The Bertz CT molecular complexity index is 1010. The zero-order valence-electron chi connectivity index (χ0n) is 14.2. The highest BCUT2D eigenvalue weighted by atomic mass is 79.9. The van der Waals surface area contributed by atoms with Crippen LogP contribution in [0.3, 0.4) is 0 Å². The molecule has 0 spiro atoms. The Kier molecular flexibility index (Phi) is 6.85. The van der Waals surface area contributed by atoms with E-state index in [1.165, 1.54) is 0 Å². The summed E-state index contributed by atoms with van der Waals surface area (Å²) >= 11 is 10.3. The predicted octanol–water partition coefficient (Wildman–Crippen LogP) is 3.90. The molecule has 0 saturated heterocycles. The number of rotatable bonds is 6. The second-order valence-corrected chi connectivity index (χ2v) is 7.90. The van der Waals surface area contributed by atoms with E-state index in [4.69, 9.17) is 11.6 Å². The van der Waals surface area contributed by atoms with Gasteiger partial charge in [-0.1, -0.05) is 51.0 Å². The zero-order valence-corrected chi connectivity index (χ0v) is 17.4. The molecule has 0 aliphatic carbocycles. The van der Waals surface area contributed by atoms with Gasteiger partial charge in [-0.3, -0.25) is 14.9 Å². The van der Waals surface area contributed by atoms with Gasteiger partial charge in [-0.25, -0.2) is 5.43 Å². The maximum absolute atomic E-state index is 12.1. The van der Waals surface area contributed by atoms with Crippen molar-refractivity contribution in [3.63, 3.8) is 0 Å². The lowest BCUT2D eigenvalue weighted by Gasteiger charge is -2.00. The van der Waals surface area contributed by atoms with Gasteiger partial charge >= 0.3 is 0 Å². The molecule has 0 unspecified atom stereocenters. The van der Waals surface area contributed by atoms with E-state index in [2.05, 4.69) is 42.0 Å². The number of aromatic nitrogens is 2. The number of benzene rings is 2. The molecule has 2 N–H and O–H groups in total. The normalized spacial score (nSPS) is 10.8. The van der Waals surface area contributed by atoms with E-state index >= 15 is 0 Å². The van der Waals surface area contributed by atoms with Crippen LogP contribution in [0.25, 0.3) is 0 Å². The van der Waals surface area contributed by atoms with Crippen LogP contribution < -0.4 is 10.7 Å². The van der Waals surface area contributed by atoms with Crippen molar-refractivity contribution in [2.45, 2.75) is 6.42 Å². The molecule has 0 bridgehead atoms. The molecule has 0 aliphatic heterocycles. The van der Waals surface area contributed by atoms with E-state index in [0.717, 1.165) is 21.4 Å². The van der Waals surface area contributed by atoms with Crippen molar-refractivity contribution in [1.29, 1.82) is 0 Å². The Morgan fingerprint density at radius 3 is 2.54 bits per heavy atom. The molecule has 0 aliphatic rings. The number of hydrazone groups is 1. The molecule has 0 atom stereocenters. The molecule has 2 amide bonds. The maximum atomic E-state index is 12.1. The predicted molar refractivity (Wildman–Crippen MR) is 113 cm³/mol. The number of nitrogens with zero attached hydrogens (tertiary/aromatic N) is 3. The van der Waals surface area contributed by atoms with Gasteiger partial charge < -0.3 is 0 Å². The van der Waals surface area contributed by atoms with Gasteiger partial charge in [0.2, 0.25) is 11.0 Å². The maximum Gasteiger partial charge on any atom is 0.257 e. The Morgan fingerprint density at radius 1 is 1.11 bits per heavy atom. The molecule has 3 rings (SSSR count). The van der Waals surface area contributed by atoms with Crippen molar-refractivity contribution in [2.24, 2.45) is 5.10 Å². The molecule has 1 aromatic heterocycles. The summed E-state index contributed by atoms with van der Waals surface area (Å²) in [7, 11) is 0. The fraction of sp³-hybridized carbons (Fsp3) is 0.0556. The molecular formula is C18H13BrClN5O2S. The number of amides is 2. The Labute approximate surface area is 178 Å². The van der Waals surface area contributed by atoms with Crippen LogP contribution in [0.1, 0.15) is 20.9 Å². The van der Waals surface area contributed by atoms with Gasteiger partial charge in [0, 0.05) is 15.1 Å². The summed E-state index contributed by atoms with van der Waals surface area (Å²) in [5.74, 6) is -0.664. The number of nitrogens with one attached hydrogen (secondary N) is 2. The first kappa shape index (κ1) is 20.1. The molecule has 3 aromatic rings. The van der Waals surface area contributed by atoms with Gasteiger partial charge in [0.05, 0.1) is 12.6 Å². The second-order valence-electron chi connectivity index (χ2n) is 5.48. The molecule has 142 valence electrons. The van der Waals surface area contributed by atoms with Crippen molar-refractivity contribution in [2.75, 3.05) is 5.32 Å². The summed E-state index contributed by atoms with van der Waals surface area (Å²) < 4.78 is 0.962. The number of hydrogen-bond donors (Lipinski definition) is 2. The van der Waals surface area contributed by atoms with Gasteiger partial charge in [0.15, 0.2) is 0 Å². The summed E-state index contributed by atoms with van der Waals surface area (Å²) in [4.78, 5) is 24.1. The highest BCUT2D eigenvalue weighted by molar-refractivity contribution is 9.10. The third kappa shape index (κ3) is 5.95. The Hall–Kier alpha value is -2.62. The largest absolute Gasteiger partial charge is 0.296 e. The molecule has 0 radical (unpaired) electrons. The summed E-state index contributed by atoms with van der Waals surface area (Å²) in [6, 6.07) is 13.9. The summed E-state index contributed by atoms with van der Waals surface area (Å²) in [5.41, 5.74) is 3.73. The SMILES string of the molecule is O=C(Cc1nnc(NC(=O)c2ccc(Cl)cc2)s1)N/N=C/c1ccc(Br)cc1. The molecule has 0 fully saturated rings. The van der Waals surface area contributed by atoms with E-state index in [-0.39, 0.29) is 18.2 Å². The van der Waals surface area contributed by atoms with Crippen molar-refractivity contribution in [3.05, 3.63) is 74.2 Å². The van der Waals surface area contributed by atoms with Crippen LogP contribution >= 0.6 is 38.9 Å². The quantitative estimate of drug-likeness (QED) is 0.415. The van der Waals surface area contributed by atoms with E-state index in [9.17, 15) is 9.59 Å². The number of hydrogen-bond acceptors (Lipinski definition) is 6. The molecule has 2 aromatic carbocycles. The van der Waals surface area contributed by atoms with Crippen LogP contribution in [-0.4, -0.2) is 28.2 Å². The Balaban J connectivity index is 1.50. The third-order valence-corrected chi connectivity index (χ3v) is 5.00. The van der Waals surface area contributed by atoms with Crippen molar-refractivity contribution in [3.8, 4) is 0 Å². The minimum absolute atomic E-state index is 0.00611. The smallest absolute Gasteiger partial charge is 0.257 e. The number of anilines is 1. The van der Waals surface area contributed by atoms with E-state index < -0.39 is 0 Å². The molecule has 10 heteroatoms. The average molecular weight is 479 g/mol. The first-order valence-corrected chi connectivity index (χ1v) is 9.95. The topological polar surface area (TPSA) is 96.3 Å². The highest BCUT2D eigenvalue weighted by Gasteiger charge is 2.12. The summed E-state index contributed by atoms with van der Waals surface area (Å²) in [6.45, 7) is 0. The van der Waals surface area contributed by atoms with Crippen LogP contribution in [0.5, 0.6) is 0 Å². The standard InChI is InChI=1S/C18H13BrClN5O2S/c19-13-5-1-11(2-6-13)10-21-23-15(26)9-16-24-25-18(28-16)22-17(27)12-3-7-14(20)8-4-12/h1-8,10H,9H2,(H,23,26)(H,22,25,27)/b21-10+. The van der Waals surface area contributed by atoms with E-state index in [0.29, 0.717) is 20.7 Å². The molecule has 1 heterocycles. The zero-order chi connectivity index (χ0) is 19.9. The highest BCUT2D eigenvalue weighted by Crippen LogP contribution is 2.17. The van der Waals surface area contributed by atoms with Crippen molar-refractivity contribution in [1.82, 2.24) is 15.6 Å². The second kappa shape index (κ2) is 9.54. The average Bonchev–Trinajstić information content (AvgIpc) is 3.10. The first-order valence-electron chi connectivity index (χ1n) is 7.96. The van der Waals surface area contributed by atoms with Gasteiger partial charge in [0.1, 0.15) is 5.01 Å².